The van der Waals surface area contributed by atoms with Gasteiger partial charge in [0.05, 0.1) is 12.3 Å². The zero-order valence-corrected chi connectivity index (χ0v) is 11.0. The van der Waals surface area contributed by atoms with Gasteiger partial charge in [0.2, 0.25) is 0 Å². The van der Waals surface area contributed by atoms with Crippen LogP contribution in [0.4, 0.5) is 0 Å². The highest BCUT2D eigenvalue weighted by molar-refractivity contribution is 5.92. The van der Waals surface area contributed by atoms with Crippen molar-refractivity contribution in [2.75, 3.05) is 0 Å². The molecular weight excluding hydrogens is 226 g/mol. The monoisotopic (exact) mass is 247 g/mol. The number of nitrogens with zero attached hydrogens (tertiary/aromatic N) is 1. The Morgan fingerprint density at radius 3 is 2.67 bits per heavy atom. The molecule has 2 rings (SSSR count). The molecule has 1 aliphatic carbocycles. The van der Waals surface area contributed by atoms with Gasteiger partial charge in [0.15, 0.2) is 0 Å². The van der Waals surface area contributed by atoms with E-state index in [0.717, 1.165) is 24.5 Å². The first-order valence-electron chi connectivity index (χ1n) is 6.53. The Labute approximate surface area is 108 Å². The van der Waals surface area contributed by atoms with Crippen molar-refractivity contribution in [2.45, 2.75) is 39.2 Å². The molecule has 0 bridgehead atoms. The number of aromatic nitrogens is 1. The van der Waals surface area contributed by atoms with Crippen LogP contribution in [0.3, 0.4) is 0 Å². The van der Waals surface area contributed by atoms with Gasteiger partial charge in [-0.3, -0.25) is 5.41 Å². The number of nitrogen functional groups attached to an aromatic ring is 1. The molecule has 1 heterocycles. The van der Waals surface area contributed by atoms with Crippen LogP contribution in [-0.4, -0.2) is 16.9 Å². The minimum absolute atomic E-state index is 0.0123. The Morgan fingerprint density at radius 1 is 1.33 bits per heavy atom. The quantitative estimate of drug-likeness (QED) is 0.637. The minimum atomic E-state index is -0.0123. The lowest BCUT2D eigenvalue weighted by Crippen LogP contribution is -2.28. The van der Waals surface area contributed by atoms with Crippen LogP contribution in [0.15, 0.2) is 18.3 Å². The summed E-state index contributed by atoms with van der Waals surface area (Å²) in [5.74, 6) is 2.27. The highest BCUT2D eigenvalue weighted by Gasteiger charge is 2.25. The molecule has 1 aliphatic rings. The summed E-state index contributed by atoms with van der Waals surface area (Å²) in [6.07, 6.45) is 5.39. The van der Waals surface area contributed by atoms with E-state index in [2.05, 4.69) is 18.8 Å². The molecule has 3 atom stereocenters. The number of rotatable bonds is 3. The van der Waals surface area contributed by atoms with Gasteiger partial charge in [0.1, 0.15) is 17.3 Å². The van der Waals surface area contributed by atoms with Crippen molar-refractivity contribution in [1.82, 2.24) is 4.98 Å². The normalized spacial score (nSPS) is 27.8. The van der Waals surface area contributed by atoms with E-state index in [9.17, 15) is 0 Å². The number of hydrogen-bond acceptors (Lipinski definition) is 3. The Balaban J connectivity index is 1.95. The SMILES string of the molecule is CC1CCC(Oc2ccc(C(=N)N)nc2)CC1C. The third-order valence-corrected chi connectivity index (χ3v) is 3.87. The number of nitrogens with one attached hydrogen (secondary N) is 1. The molecule has 1 aromatic heterocycles. The first-order chi connectivity index (χ1) is 8.56. The molecular formula is C14H21N3O. The predicted molar refractivity (Wildman–Crippen MR) is 71.8 cm³/mol. The van der Waals surface area contributed by atoms with Crippen LogP contribution >= 0.6 is 0 Å². The number of hydrogen-bond donors (Lipinski definition) is 2. The van der Waals surface area contributed by atoms with E-state index < -0.39 is 0 Å². The van der Waals surface area contributed by atoms with Gasteiger partial charge in [-0.1, -0.05) is 13.8 Å². The smallest absolute Gasteiger partial charge is 0.141 e. The van der Waals surface area contributed by atoms with Gasteiger partial charge in [0, 0.05) is 0 Å². The number of pyridine rings is 1. The molecule has 98 valence electrons. The van der Waals surface area contributed by atoms with Crippen molar-refractivity contribution in [3.8, 4) is 5.75 Å². The fourth-order valence-corrected chi connectivity index (χ4v) is 2.41. The molecule has 0 radical (unpaired) electrons. The van der Waals surface area contributed by atoms with Crippen LogP contribution in [0.25, 0.3) is 0 Å². The molecule has 0 saturated heterocycles. The maximum Gasteiger partial charge on any atom is 0.141 e. The number of nitrogens with two attached hydrogens (primary N) is 1. The summed E-state index contributed by atoms with van der Waals surface area (Å²) < 4.78 is 5.93. The van der Waals surface area contributed by atoms with Crippen LogP contribution in [-0.2, 0) is 0 Å². The molecule has 0 spiro atoms. The molecule has 0 aromatic carbocycles. The van der Waals surface area contributed by atoms with Gasteiger partial charge in [-0.15, -0.1) is 0 Å². The molecule has 3 unspecified atom stereocenters. The second kappa shape index (κ2) is 5.38. The summed E-state index contributed by atoms with van der Waals surface area (Å²) in [5.41, 5.74) is 5.86. The van der Waals surface area contributed by atoms with Crippen molar-refractivity contribution in [2.24, 2.45) is 17.6 Å². The molecule has 1 saturated carbocycles. The summed E-state index contributed by atoms with van der Waals surface area (Å²) in [7, 11) is 0. The first kappa shape index (κ1) is 12.9. The van der Waals surface area contributed by atoms with Gasteiger partial charge in [-0.2, -0.15) is 0 Å². The average molecular weight is 247 g/mol. The molecule has 1 aromatic rings. The molecule has 4 heteroatoms. The van der Waals surface area contributed by atoms with Crippen LogP contribution in [0.5, 0.6) is 5.75 Å². The van der Waals surface area contributed by atoms with E-state index in [-0.39, 0.29) is 5.84 Å². The standard InChI is InChI=1S/C14H21N3O/c1-9-3-4-11(7-10(9)2)18-12-5-6-13(14(15)16)17-8-12/h5-6,8-11H,3-4,7H2,1-2H3,(H3,15,16). The van der Waals surface area contributed by atoms with E-state index in [1.165, 1.54) is 6.42 Å². The first-order valence-corrected chi connectivity index (χ1v) is 6.53. The highest BCUT2D eigenvalue weighted by Crippen LogP contribution is 2.31. The van der Waals surface area contributed by atoms with Gasteiger partial charge in [0.25, 0.3) is 0 Å². The van der Waals surface area contributed by atoms with Crippen molar-refractivity contribution in [3.05, 3.63) is 24.0 Å². The Hall–Kier alpha value is -1.58. The fourth-order valence-electron chi connectivity index (χ4n) is 2.41. The molecule has 4 nitrogen and oxygen atoms in total. The van der Waals surface area contributed by atoms with E-state index >= 15 is 0 Å². The summed E-state index contributed by atoms with van der Waals surface area (Å²) in [6.45, 7) is 4.60. The molecule has 18 heavy (non-hydrogen) atoms. The second-order valence-electron chi connectivity index (χ2n) is 5.30. The fraction of sp³-hybridized carbons (Fsp3) is 0.571. The third-order valence-electron chi connectivity index (χ3n) is 3.87. The number of amidine groups is 1. The maximum absolute atomic E-state index is 7.28. The van der Waals surface area contributed by atoms with Crippen LogP contribution < -0.4 is 10.5 Å². The molecule has 3 N–H and O–H groups in total. The third kappa shape index (κ3) is 3.00. The zero-order chi connectivity index (χ0) is 13.1. The summed E-state index contributed by atoms with van der Waals surface area (Å²) in [6, 6.07) is 3.57. The zero-order valence-electron chi connectivity index (χ0n) is 11.0. The van der Waals surface area contributed by atoms with E-state index in [0.29, 0.717) is 17.7 Å². The van der Waals surface area contributed by atoms with E-state index in [1.807, 2.05) is 6.07 Å². The minimum Gasteiger partial charge on any atom is -0.489 e. The summed E-state index contributed by atoms with van der Waals surface area (Å²) >= 11 is 0. The maximum atomic E-state index is 7.28. The van der Waals surface area contributed by atoms with E-state index in [1.54, 1.807) is 12.3 Å². The summed E-state index contributed by atoms with van der Waals surface area (Å²) in [4.78, 5) is 4.10. The van der Waals surface area contributed by atoms with Crippen molar-refractivity contribution in [3.63, 3.8) is 0 Å². The topological polar surface area (TPSA) is 72.0 Å². The predicted octanol–water partition coefficient (Wildman–Crippen LogP) is 2.57. The summed E-state index contributed by atoms with van der Waals surface area (Å²) in [5, 5.41) is 7.28. The van der Waals surface area contributed by atoms with E-state index in [4.69, 9.17) is 15.9 Å². The second-order valence-corrected chi connectivity index (χ2v) is 5.30. The Morgan fingerprint density at radius 2 is 2.11 bits per heavy atom. The lowest BCUT2D eigenvalue weighted by Gasteiger charge is -2.32. The van der Waals surface area contributed by atoms with Crippen LogP contribution in [0.2, 0.25) is 0 Å². The Bertz CT molecular complexity index is 416. The highest BCUT2D eigenvalue weighted by atomic mass is 16.5. The van der Waals surface area contributed by atoms with Crippen molar-refractivity contribution < 1.29 is 4.74 Å². The van der Waals surface area contributed by atoms with Crippen molar-refractivity contribution >= 4 is 5.84 Å². The number of ether oxygens (including phenoxy) is 1. The van der Waals surface area contributed by atoms with Gasteiger partial charge in [-0.25, -0.2) is 4.98 Å². The lowest BCUT2D eigenvalue weighted by molar-refractivity contribution is 0.100. The van der Waals surface area contributed by atoms with Crippen LogP contribution in [0.1, 0.15) is 38.8 Å². The molecule has 0 amide bonds. The van der Waals surface area contributed by atoms with Crippen molar-refractivity contribution in [1.29, 1.82) is 5.41 Å². The van der Waals surface area contributed by atoms with Gasteiger partial charge >= 0.3 is 0 Å². The molecule has 1 fully saturated rings. The molecule has 0 aliphatic heterocycles. The largest absolute Gasteiger partial charge is 0.489 e. The lowest BCUT2D eigenvalue weighted by atomic mass is 9.80. The van der Waals surface area contributed by atoms with Crippen LogP contribution in [0, 0.1) is 17.2 Å². The van der Waals surface area contributed by atoms with Gasteiger partial charge < -0.3 is 10.5 Å². The Kier molecular flexibility index (Phi) is 3.84. The average Bonchev–Trinajstić information content (AvgIpc) is 2.34. The van der Waals surface area contributed by atoms with Gasteiger partial charge in [-0.05, 0) is 43.2 Å².